The first-order valence-electron chi connectivity index (χ1n) is 32.8. The molecule has 0 saturated carbocycles. The highest BCUT2D eigenvalue weighted by Crippen LogP contribution is 2.19. The number of aliphatic hydroxyl groups excluding tert-OH is 2. The largest absolute Gasteiger partial charge is 0.466 e. The number of ether oxygens (including phenoxy) is 1. The normalized spacial score (nSPS) is 12.5. The summed E-state index contributed by atoms with van der Waals surface area (Å²) in [5, 5.41) is 23.3. The molecule has 0 spiro atoms. The molecule has 0 aromatic heterocycles. The van der Waals surface area contributed by atoms with Crippen LogP contribution >= 0.6 is 0 Å². The summed E-state index contributed by atoms with van der Waals surface area (Å²) < 4.78 is 5.50. The summed E-state index contributed by atoms with van der Waals surface area (Å²) >= 11 is 0. The average Bonchev–Trinajstić information content (AvgIpc) is 3.37. The van der Waals surface area contributed by atoms with E-state index in [0.29, 0.717) is 25.9 Å². The molecule has 3 N–H and O–H groups in total. The van der Waals surface area contributed by atoms with Crippen LogP contribution in [0.3, 0.4) is 0 Å². The van der Waals surface area contributed by atoms with Crippen LogP contribution in [-0.2, 0) is 14.3 Å². The Hall–Kier alpha value is -1.14. The first kappa shape index (κ1) is 69.9. The van der Waals surface area contributed by atoms with E-state index in [2.05, 4.69) is 19.2 Å². The first-order valence-corrected chi connectivity index (χ1v) is 32.8. The van der Waals surface area contributed by atoms with Crippen molar-refractivity contribution in [1.82, 2.24) is 5.32 Å². The lowest BCUT2D eigenvalue weighted by Crippen LogP contribution is -2.45. The van der Waals surface area contributed by atoms with E-state index in [1.54, 1.807) is 0 Å². The van der Waals surface area contributed by atoms with E-state index in [4.69, 9.17) is 4.74 Å². The fraction of sp³-hybridized carbons (Fsp3) is 0.969. The zero-order chi connectivity index (χ0) is 51.4. The second-order valence-corrected chi connectivity index (χ2v) is 22.8. The molecule has 0 aliphatic carbocycles. The topological polar surface area (TPSA) is 95.9 Å². The molecular weight excluding hydrogens is 875 g/mol. The van der Waals surface area contributed by atoms with Crippen molar-refractivity contribution < 1.29 is 24.5 Å². The molecule has 0 bridgehead atoms. The Morgan fingerprint density at radius 2 is 0.577 bits per heavy atom. The van der Waals surface area contributed by atoms with Crippen molar-refractivity contribution in [3.8, 4) is 0 Å². The standard InChI is InChI=1S/C65H129NO5/c1-3-5-7-9-11-13-15-17-19-30-33-37-41-45-49-53-57-63(68)62(61-67)66-64(69)58-54-50-46-42-38-34-31-27-25-23-21-20-22-24-26-28-32-36-40-44-48-52-56-60-71-65(70)59-55-51-47-43-39-35-29-18-16-14-12-10-8-6-4-2/h62-63,67-68H,3-61H2,1-2H3,(H,66,69). The third-order valence-corrected chi connectivity index (χ3v) is 15.7. The minimum atomic E-state index is -0.663. The van der Waals surface area contributed by atoms with Gasteiger partial charge in [-0.1, -0.05) is 341 Å². The molecule has 0 aromatic carbocycles. The van der Waals surface area contributed by atoms with Crippen molar-refractivity contribution >= 4 is 11.9 Å². The van der Waals surface area contributed by atoms with Gasteiger partial charge in [0, 0.05) is 12.8 Å². The number of carbonyl (C=O) groups is 2. The molecule has 424 valence electrons. The Balaban J connectivity index is 3.35. The van der Waals surface area contributed by atoms with Crippen LogP contribution in [0.1, 0.15) is 380 Å². The van der Waals surface area contributed by atoms with Gasteiger partial charge < -0.3 is 20.3 Å². The predicted molar refractivity (Wildman–Crippen MR) is 310 cm³/mol. The van der Waals surface area contributed by atoms with Gasteiger partial charge in [0.15, 0.2) is 0 Å². The Bertz CT molecular complexity index is 1020. The third kappa shape index (κ3) is 58.0. The first-order chi connectivity index (χ1) is 35.0. The van der Waals surface area contributed by atoms with Crippen molar-refractivity contribution in [2.24, 2.45) is 0 Å². The van der Waals surface area contributed by atoms with E-state index in [1.807, 2.05) is 0 Å². The summed E-state index contributed by atoms with van der Waals surface area (Å²) in [6.45, 7) is 4.99. The Morgan fingerprint density at radius 3 is 0.859 bits per heavy atom. The Labute approximate surface area is 445 Å². The molecule has 0 heterocycles. The van der Waals surface area contributed by atoms with E-state index in [0.717, 1.165) is 38.5 Å². The van der Waals surface area contributed by atoms with Gasteiger partial charge in [-0.2, -0.15) is 0 Å². The molecule has 0 aromatic rings. The molecule has 71 heavy (non-hydrogen) atoms. The van der Waals surface area contributed by atoms with Crippen LogP contribution in [0.2, 0.25) is 0 Å². The summed E-state index contributed by atoms with van der Waals surface area (Å²) in [7, 11) is 0. The quantitative estimate of drug-likeness (QED) is 0.0417. The number of unbranched alkanes of at least 4 members (excludes halogenated alkanes) is 51. The van der Waals surface area contributed by atoms with Crippen molar-refractivity contribution in [2.75, 3.05) is 13.2 Å². The number of nitrogens with one attached hydrogen (secondary N) is 1. The average molecular weight is 1000 g/mol. The SMILES string of the molecule is CCCCCCCCCCCCCCCCCCC(O)C(CO)NC(=O)CCCCCCCCCCCCCCCCCCCCCCCCCOC(=O)CCCCCCCCCCCCCCCCC. The fourth-order valence-electron chi connectivity index (χ4n) is 10.6. The second kappa shape index (κ2) is 61.4. The van der Waals surface area contributed by atoms with E-state index in [1.165, 1.54) is 308 Å². The van der Waals surface area contributed by atoms with Crippen LogP contribution in [0.25, 0.3) is 0 Å². The second-order valence-electron chi connectivity index (χ2n) is 22.8. The monoisotopic (exact) mass is 1000 g/mol. The number of esters is 1. The maximum atomic E-state index is 12.5. The number of carbonyl (C=O) groups excluding carboxylic acids is 2. The molecule has 2 unspecified atom stereocenters. The van der Waals surface area contributed by atoms with E-state index in [9.17, 15) is 19.8 Å². The van der Waals surface area contributed by atoms with Crippen molar-refractivity contribution in [3.63, 3.8) is 0 Å². The molecule has 0 radical (unpaired) electrons. The number of rotatable bonds is 62. The highest BCUT2D eigenvalue weighted by Gasteiger charge is 2.20. The highest BCUT2D eigenvalue weighted by atomic mass is 16.5. The van der Waals surface area contributed by atoms with Gasteiger partial charge in [0.1, 0.15) is 0 Å². The van der Waals surface area contributed by atoms with Crippen LogP contribution in [-0.4, -0.2) is 47.4 Å². The lowest BCUT2D eigenvalue weighted by Gasteiger charge is -2.22. The minimum Gasteiger partial charge on any atom is -0.466 e. The fourth-order valence-corrected chi connectivity index (χ4v) is 10.6. The molecule has 0 rings (SSSR count). The van der Waals surface area contributed by atoms with Crippen molar-refractivity contribution in [1.29, 1.82) is 0 Å². The van der Waals surface area contributed by atoms with Gasteiger partial charge in [-0.15, -0.1) is 0 Å². The van der Waals surface area contributed by atoms with Crippen LogP contribution in [0, 0.1) is 0 Å². The van der Waals surface area contributed by atoms with Gasteiger partial charge in [0.2, 0.25) is 5.91 Å². The van der Waals surface area contributed by atoms with Gasteiger partial charge in [0.05, 0.1) is 25.4 Å². The molecule has 0 saturated heterocycles. The van der Waals surface area contributed by atoms with Gasteiger partial charge in [-0.3, -0.25) is 9.59 Å². The van der Waals surface area contributed by atoms with Crippen LogP contribution in [0.5, 0.6) is 0 Å². The lowest BCUT2D eigenvalue weighted by molar-refractivity contribution is -0.143. The molecule has 1 amide bonds. The summed E-state index contributed by atoms with van der Waals surface area (Å²) in [5.74, 6) is -0.0121. The molecule has 0 aliphatic rings. The lowest BCUT2D eigenvalue weighted by atomic mass is 10.0. The number of aliphatic hydroxyl groups is 2. The van der Waals surface area contributed by atoms with Crippen LogP contribution < -0.4 is 5.32 Å². The maximum absolute atomic E-state index is 12.5. The molecule has 2 atom stereocenters. The highest BCUT2D eigenvalue weighted by molar-refractivity contribution is 5.76. The van der Waals surface area contributed by atoms with E-state index < -0.39 is 12.1 Å². The summed E-state index contributed by atoms with van der Waals surface area (Å²) in [4.78, 5) is 24.6. The zero-order valence-corrected chi connectivity index (χ0v) is 48.5. The predicted octanol–water partition coefficient (Wildman–Crippen LogP) is 20.6. The molecule has 0 fully saturated rings. The van der Waals surface area contributed by atoms with Crippen LogP contribution in [0.15, 0.2) is 0 Å². The minimum absolute atomic E-state index is 0.0185. The molecule has 6 nitrogen and oxygen atoms in total. The van der Waals surface area contributed by atoms with Crippen molar-refractivity contribution in [2.45, 2.75) is 392 Å². The number of amides is 1. The van der Waals surface area contributed by atoms with Gasteiger partial charge in [-0.05, 0) is 25.7 Å². The molecule has 0 aliphatic heterocycles. The number of hydrogen-bond donors (Lipinski definition) is 3. The van der Waals surface area contributed by atoms with Gasteiger partial charge >= 0.3 is 5.97 Å². The number of hydrogen-bond acceptors (Lipinski definition) is 5. The Kier molecular flexibility index (Phi) is 60.4. The summed E-state index contributed by atoms with van der Waals surface area (Å²) in [5.41, 5.74) is 0. The molecule has 6 heteroatoms. The van der Waals surface area contributed by atoms with Crippen molar-refractivity contribution in [3.05, 3.63) is 0 Å². The third-order valence-electron chi connectivity index (χ3n) is 15.7. The smallest absolute Gasteiger partial charge is 0.305 e. The maximum Gasteiger partial charge on any atom is 0.305 e. The summed E-state index contributed by atoms with van der Waals surface area (Å²) in [6, 6.07) is -0.540. The van der Waals surface area contributed by atoms with Crippen LogP contribution in [0.4, 0.5) is 0 Å². The van der Waals surface area contributed by atoms with E-state index in [-0.39, 0.29) is 18.5 Å². The zero-order valence-electron chi connectivity index (χ0n) is 48.5. The Morgan fingerprint density at radius 1 is 0.338 bits per heavy atom. The van der Waals surface area contributed by atoms with E-state index >= 15 is 0 Å². The molecular formula is C65H129NO5. The summed E-state index contributed by atoms with van der Waals surface area (Å²) in [6.07, 6.45) is 72.7. The van der Waals surface area contributed by atoms with Gasteiger partial charge in [0.25, 0.3) is 0 Å². The van der Waals surface area contributed by atoms with Gasteiger partial charge in [-0.25, -0.2) is 0 Å².